The van der Waals surface area contributed by atoms with Gasteiger partial charge >= 0.3 is 5.97 Å². The van der Waals surface area contributed by atoms with Gasteiger partial charge in [0.25, 0.3) is 0 Å². The fourth-order valence-electron chi connectivity index (χ4n) is 12.8. The number of cyclic esters (lactones) is 1. The molecule has 0 amide bonds. The fraction of sp³-hybridized carbons (Fsp3) is 0.927. The number of carbonyl (C=O) groups excluding carboxylic acids is 1. The third-order valence-electron chi connectivity index (χ3n) is 15.9. The topological polar surface area (TPSA) is 183 Å². The number of aliphatic hydroxyl groups excluding tert-OH is 4. The average molecular weight is 765 g/mol. The molecule has 0 aromatic rings. The van der Waals surface area contributed by atoms with Crippen molar-refractivity contribution in [2.45, 2.75) is 197 Å². The highest BCUT2D eigenvalue weighted by Gasteiger charge is 2.68. The number of rotatable bonds is 7. The standard InChI is InChI=1S/C41H64O13/c1-20-36(46)29(42)16-34(49-20)53-38-22(3)51-35(18-31(38)44)54-37-21(2)50-33(17-30(37)43)52-25-8-11-39(4)24(15-25)6-7-28-27(39)9-12-40(5)26(10-13-41(28,40)47)23-14-32(45)48-19-23/h14,20-22,24-31,33-38,42-44,46-47H,6-13,15-19H2,1-5H3/t20?,21?,22?,24-,25?,26?,27-,28+,29?,30?,31?,33-,34-,35+,36?,37?,38?,39+,40-,41-/m1/s1. The number of aliphatic hydroxyl groups is 5. The largest absolute Gasteiger partial charge is 0.458 e. The van der Waals surface area contributed by atoms with Gasteiger partial charge in [-0.2, -0.15) is 0 Å². The Labute approximate surface area is 319 Å². The van der Waals surface area contributed by atoms with Gasteiger partial charge in [-0.3, -0.25) is 0 Å². The maximum Gasteiger partial charge on any atom is 0.331 e. The van der Waals surface area contributed by atoms with Gasteiger partial charge in [0, 0.05) is 30.8 Å². The molecule has 20 atom stereocenters. The van der Waals surface area contributed by atoms with Crippen LogP contribution in [0.1, 0.15) is 112 Å². The van der Waals surface area contributed by atoms with Gasteiger partial charge in [-0.15, -0.1) is 0 Å². The minimum Gasteiger partial charge on any atom is -0.458 e. The van der Waals surface area contributed by atoms with Crippen molar-refractivity contribution in [3.05, 3.63) is 11.6 Å². The van der Waals surface area contributed by atoms with E-state index in [1.165, 1.54) is 0 Å². The van der Waals surface area contributed by atoms with Gasteiger partial charge in [-0.1, -0.05) is 13.8 Å². The lowest BCUT2D eigenvalue weighted by Gasteiger charge is -2.64. The van der Waals surface area contributed by atoms with Crippen LogP contribution in [0, 0.1) is 34.5 Å². The molecular formula is C41H64O13. The van der Waals surface area contributed by atoms with Crippen LogP contribution in [0.5, 0.6) is 0 Å². The molecule has 4 heterocycles. The maximum atomic E-state index is 12.6. The van der Waals surface area contributed by atoms with Crippen LogP contribution in [0.25, 0.3) is 0 Å². The summed E-state index contributed by atoms with van der Waals surface area (Å²) in [6.45, 7) is 10.4. The third-order valence-corrected chi connectivity index (χ3v) is 15.9. The number of ether oxygens (including phenoxy) is 7. The van der Waals surface area contributed by atoms with Crippen molar-refractivity contribution >= 4 is 5.97 Å². The number of hydrogen-bond donors (Lipinski definition) is 5. The summed E-state index contributed by atoms with van der Waals surface area (Å²) in [5.41, 5.74) is 0.215. The molecular weight excluding hydrogens is 700 g/mol. The summed E-state index contributed by atoms with van der Waals surface area (Å²) in [5, 5.41) is 55.0. The minimum absolute atomic E-state index is 0.0243. The van der Waals surface area contributed by atoms with Gasteiger partial charge in [0.15, 0.2) is 18.9 Å². The monoisotopic (exact) mass is 764 g/mol. The lowest BCUT2D eigenvalue weighted by Crippen LogP contribution is -2.62. The first-order valence-electron chi connectivity index (χ1n) is 20.8. The molecule has 0 aromatic heterocycles. The van der Waals surface area contributed by atoms with Crippen LogP contribution in [0.15, 0.2) is 11.6 Å². The van der Waals surface area contributed by atoms with Gasteiger partial charge in [-0.25, -0.2) is 4.79 Å². The van der Waals surface area contributed by atoms with Gasteiger partial charge in [-0.05, 0) is 113 Å². The maximum absolute atomic E-state index is 12.6. The van der Waals surface area contributed by atoms with Crippen molar-refractivity contribution in [1.82, 2.24) is 0 Å². The van der Waals surface area contributed by atoms with Crippen molar-refractivity contribution in [1.29, 1.82) is 0 Å². The highest BCUT2D eigenvalue weighted by atomic mass is 16.7. The zero-order chi connectivity index (χ0) is 38.3. The van der Waals surface area contributed by atoms with Crippen LogP contribution in [0.3, 0.4) is 0 Å². The van der Waals surface area contributed by atoms with Crippen LogP contribution in [-0.2, 0) is 38.0 Å². The van der Waals surface area contributed by atoms with Crippen LogP contribution < -0.4 is 0 Å². The van der Waals surface area contributed by atoms with E-state index >= 15 is 0 Å². The zero-order valence-corrected chi connectivity index (χ0v) is 32.6. The molecule has 4 aliphatic carbocycles. The van der Waals surface area contributed by atoms with E-state index in [9.17, 15) is 30.3 Å². The molecule has 7 fully saturated rings. The summed E-state index contributed by atoms with van der Waals surface area (Å²) >= 11 is 0. The summed E-state index contributed by atoms with van der Waals surface area (Å²) in [7, 11) is 0. The third kappa shape index (κ3) is 6.82. The van der Waals surface area contributed by atoms with Gasteiger partial charge in [0.1, 0.15) is 24.9 Å². The van der Waals surface area contributed by atoms with Crippen LogP contribution in [-0.4, -0.2) is 124 Å². The Morgan fingerprint density at radius 1 is 0.685 bits per heavy atom. The van der Waals surface area contributed by atoms with E-state index in [-0.39, 0.29) is 54.0 Å². The molecule has 11 unspecified atom stereocenters. The summed E-state index contributed by atoms with van der Waals surface area (Å²) < 4.78 is 42.2. The Morgan fingerprint density at radius 3 is 1.89 bits per heavy atom. The van der Waals surface area contributed by atoms with E-state index in [2.05, 4.69) is 13.8 Å². The number of esters is 1. The van der Waals surface area contributed by atoms with Crippen LogP contribution in [0.4, 0.5) is 0 Å². The van der Waals surface area contributed by atoms with E-state index in [4.69, 9.17) is 33.2 Å². The molecule has 8 rings (SSSR count). The summed E-state index contributed by atoms with van der Waals surface area (Å²) in [6.07, 6.45) is 1.90. The first kappa shape index (κ1) is 39.6. The Balaban J connectivity index is 0.826. The normalized spacial score (nSPS) is 55.0. The zero-order valence-electron chi connectivity index (χ0n) is 32.6. The first-order chi connectivity index (χ1) is 25.6. The molecule has 13 nitrogen and oxygen atoms in total. The lowest BCUT2D eigenvalue weighted by molar-refractivity contribution is -0.336. The molecule has 0 bridgehead atoms. The fourth-order valence-corrected chi connectivity index (χ4v) is 12.8. The molecule has 0 aromatic carbocycles. The predicted octanol–water partition coefficient (Wildman–Crippen LogP) is 3.25. The van der Waals surface area contributed by atoms with Crippen molar-refractivity contribution < 1.29 is 63.5 Å². The smallest absolute Gasteiger partial charge is 0.331 e. The Hall–Kier alpha value is -1.23. The van der Waals surface area contributed by atoms with E-state index in [1.54, 1.807) is 19.9 Å². The first-order valence-corrected chi connectivity index (χ1v) is 20.8. The van der Waals surface area contributed by atoms with E-state index in [1.807, 2.05) is 6.92 Å². The Kier molecular flexibility index (Phi) is 10.9. The number of carbonyl (C=O) groups is 1. The summed E-state index contributed by atoms with van der Waals surface area (Å²) in [6, 6.07) is 0. The van der Waals surface area contributed by atoms with Crippen molar-refractivity contribution in [2.75, 3.05) is 6.61 Å². The second kappa shape index (κ2) is 14.9. The van der Waals surface area contributed by atoms with Crippen molar-refractivity contribution in [3.63, 3.8) is 0 Å². The molecule has 0 radical (unpaired) electrons. The highest BCUT2D eigenvalue weighted by Crippen LogP contribution is 2.70. The molecule has 4 saturated carbocycles. The minimum atomic E-state index is -0.996. The molecule has 54 heavy (non-hydrogen) atoms. The highest BCUT2D eigenvalue weighted by molar-refractivity contribution is 5.85. The van der Waals surface area contributed by atoms with E-state index in [0.29, 0.717) is 18.4 Å². The molecule has 3 saturated heterocycles. The Morgan fingerprint density at radius 2 is 1.30 bits per heavy atom. The number of hydrogen-bond acceptors (Lipinski definition) is 13. The van der Waals surface area contributed by atoms with Crippen LogP contribution >= 0.6 is 0 Å². The lowest BCUT2D eigenvalue weighted by atomic mass is 9.43. The molecule has 8 aliphatic rings. The van der Waals surface area contributed by atoms with Crippen LogP contribution in [0.2, 0.25) is 0 Å². The van der Waals surface area contributed by atoms with Crippen molar-refractivity contribution in [3.8, 4) is 0 Å². The number of fused-ring (bicyclic) bond motifs is 5. The molecule has 306 valence electrons. The molecule has 0 spiro atoms. The van der Waals surface area contributed by atoms with Gasteiger partial charge < -0.3 is 58.7 Å². The quantitative estimate of drug-likeness (QED) is 0.188. The second-order valence-electron chi connectivity index (χ2n) is 18.7. The SMILES string of the molecule is CC1O[C@H](OC2C(O)C[C@H](OC3C(O)C[C@@H](OC4CC[C@@]5(C)[C@H](CC[C@H]6[C@H]5CC[C@]5(C)C(C7=CC(=O)OC7)CC[C@@]65O)C4)OC3C)OC2C)CC(O)C1O. The molecule has 5 N–H and O–H groups in total. The molecule has 4 aliphatic heterocycles. The molecule has 13 heteroatoms. The summed E-state index contributed by atoms with van der Waals surface area (Å²) in [5.74, 6) is 1.13. The average Bonchev–Trinajstić information content (AvgIpc) is 3.66. The van der Waals surface area contributed by atoms with Crippen molar-refractivity contribution in [2.24, 2.45) is 34.5 Å². The van der Waals surface area contributed by atoms with Gasteiger partial charge in [0.2, 0.25) is 0 Å². The summed E-state index contributed by atoms with van der Waals surface area (Å²) in [4.78, 5) is 11.9. The second-order valence-corrected chi connectivity index (χ2v) is 18.7. The van der Waals surface area contributed by atoms with E-state index < -0.39 is 79.4 Å². The predicted molar refractivity (Wildman–Crippen MR) is 191 cm³/mol. The van der Waals surface area contributed by atoms with E-state index in [0.717, 1.165) is 63.4 Å². The Bertz CT molecular complexity index is 1370. The van der Waals surface area contributed by atoms with Gasteiger partial charge in [0.05, 0.1) is 48.3 Å².